The van der Waals surface area contributed by atoms with Crippen LogP contribution in [0.15, 0.2) is 41.0 Å². The number of carbonyl (C=O) groups excluding carboxylic acids is 1. The molecule has 1 aromatic heterocycles. The van der Waals surface area contributed by atoms with Crippen molar-refractivity contribution < 1.29 is 13.9 Å². The number of carbonyl (C=O) groups is 1. The lowest BCUT2D eigenvalue weighted by atomic mass is 10.1. The Morgan fingerprint density at radius 3 is 2.92 bits per heavy atom. The summed E-state index contributed by atoms with van der Waals surface area (Å²) < 4.78 is 11.0. The Bertz CT molecular complexity index is 691. The molecule has 2 aromatic rings. The van der Waals surface area contributed by atoms with E-state index in [0.29, 0.717) is 42.8 Å². The summed E-state index contributed by atoms with van der Waals surface area (Å²) in [7, 11) is 0. The lowest BCUT2D eigenvalue weighted by Crippen LogP contribution is -2.44. The van der Waals surface area contributed by atoms with Crippen molar-refractivity contribution in [2.75, 3.05) is 26.2 Å². The highest BCUT2D eigenvalue weighted by Gasteiger charge is 2.24. The number of rotatable bonds is 5. The monoisotopic (exact) mass is 368 g/mol. The lowest BCUT2D eigenvalue weighted by molar-refractivity contribution is -0.124. The molecule has 0 aliphatic carbocycles. The van der Waals surface area contributed by atoms with Gasteiger partial charge in [0.25, 0.3) is 0 Å². The van der Waals surface area contributed by atoms with E-state index in [1.54, 1.807) is 18.4 Å². The molecule has 128 valence electrons. The third-order valence-electron chi connectivity index (χ3n) is 3.87. The highest BCUT2D eigenvalue weighted by Crippen LogP contribution is 2.28. The van der Waals surface area contributed by atoms with E-state index in [4.69, 9.17) is 32.4 Å². The fourth-order valence-corrected chi connectivity index (χ4v) is 2.92. The SMILES string of the molecule is O=C(CN1CCO[C@H](c2ccc(Cl)c(Cl)c2)C1)NCc1ccco1. The molecule has 3 rings (SSSR count). The first-order chi connectivity index (χ1) is 11.6. The molecule has 1 aliphatic heterocycles. The molecule has 1 saturated heterocycles. The van der Waals surface area contributed by atoms with Gasteiger partial charge in [0.05, 0.1) is 42.1 Å². The molecule has 0 spiro atoms. The van der Waals surface area contributed by atoms with Gasteiger partial charge in [0, 0.05) is 13.1 Å². The van der Waals surface area contributed by atoms with Gasteiger partial charge in [-0.1, -0.05) is 29.3 Å². The Morgan fingerprint density at radius 2 is 2.17 bits per heavy atom. The largest absolute Gasteiger partial charge is 0.467 e. The Labute approximate surface area is 150 Å². The molecule has 1 amide bonds. The molecule has 1 fully saturated rings. The zero-order valence-corrected chi connectivity index (χ0v) is 14.5. The van der Waals surface area contributed by atoms with Crippen LogP contribution in [0.2, 0.25) is 10.0 Å². The van der Waals surface area contributed by atoms with Crippen LogP contribution in [0.4, 0.5) is 0 Å². The van der Waals surface area contributed by atoms with Gasteiger partial charge in [-0.3, -0.25) is 9.69 Å². The second-order valence-corrected chi connectivity index (χ2v) is 6.44. The topological polar surface area (TPSA) is 54.7 Å². The van der Waals surface area contributed by atoms with Crippen molar-refractivity contribution in [3.8, 4) is 0 Å². The number of halogens is 2. The van der Waals surface area contributed by atoms with E-state index in [2.05, 4.69) is 10.2 Å². The van der Waals surface area contributed by atoms with Gasteiger partial charge in [-0.15, -0.1) is 0 Å². The molecule has 7 heteroatoms. The molecule has 0 radical (unpaired) electrons. The first-order valence-electron chi connectivity index (χ1n) is 7.70. The molecule has 2 heterocycles. The van der Waals surface area contributed by atoms with Gasteiger partial charge in [-0.2, -0.15) is 0 Å². The highest BCUT2D eigenvalue weighted by molar-refractivity contribution is 6.42. The fourth-order valence-electron chi connectivity index (χ4n) is 2.62. The molecule has 1 aromatic carbocycles. The van der Waals surface area contributed by atoms with E-state index < -0.39 is 0 Å². The molecule has 1 aliphatic rings. The van der Waals surface area contributed by atoms with Crippen molar-refractivity contribution in [1.29, 1.82) is 0 Å². The quantitative estimate of drug-likeness (QED) is 0.879. The van der Waals surface area contributed by atoms with Gasteiger partial charge >= 0.3 is 0 Å². The van der Waals surface area contributed by atoms with Crippen LogP contribution in [-0.2, 0) is 16.1 Å². The smallest absolute Gasteiger partial charge is 0.234 e. The van der Waals surface area contributed by atoms with Crippen LogP contribution in [0.3, 0.4) is 0 Å². The highest BCUT2D eigenvalue weighted by atomic mass is 35.5. The molecular weight excluding hydrogens is 351 g/mol. The van der Waals surface area contributed by atoms with Crippen molar-refractivity contribution in [2.24, 2.45) is 0 Å². The number of ether oxygens (including phenoxy) is 1. The molecule has 5 nitrogen and oxygen atoms in total. The number of morpholine rings is 1. The Morgan fingerprint density at radius 1 is 1.29 bits per heavy atom. The minimum Gasteiger partial charge on any atom is -0.467 e. The van der Waals surface area contributed by atoms with Gasteiger partial charge in [-0.05, 0) is 29.8 Å². The standard InChI is InChI=1S/C17H18Cl2N2O3/c18-14-4-3-12(8-15(14)19)16-10-21(5-7-24-16)11-17(22)20-9-13-2-1-6-23-13/h1-4,6,8,16H,5,7,9-11H2,(H,20,22)/t16-/m0/s1. The van der Waals surface area contributed by atoms with Crippen molar-refractivity contribution in [3.63, 3.8) is 0 Å². The fraction of sp³-hybridized carbons (Fsp3) is 0.353. The number of nitrogens with one attached hydrogen (secondary N) is 1. The Balaban J connectivity index is 1.53. The Hall–Kier alpha value is -1.53. The number of hydrogen-bond donors (Lipinski definition) is 1. The van der Waals surface area contributed by atoms with Crippen molar-refractivity contribution in [1.82, 2.24) is 10.2 Å². The third kappa shape index (κ3) is 4.51. The molecule has 24 heavy (non-hydrogen) atoms. The Kier molecular flexibility index (Phi) is 5.79. The molecule has 0 saturated carbocycles. The maximum absolute atomic E-state index is 12.1. The van der Waals surface area contributed by atoms with E-state index in [-0.39, 0.29) is 12.0 Å². The molecular formula is C17H18Cl2N2O3. The first kappa shape index (κ1) is 17.3. The number of benzene rings is 1. The van der Waals surface area contributed by atoms with Gasteiger partial charge in [0.1, 0.15) is 5.76 Å². The van der Waals surface area contributed by atoms with Gasteiger partial charge < -0.3 is 14.5 Å². The summed E-state index contributed by atoms with van der Waals surface area (Å²) in [5.41, 5.74) is 0.963. The average Bonchev–Trinajstić information content (AvgIpc) is 3.09. The van der Waals surface area contributed by atoms with E-state index in [1.165, 1.54) is 0 Å². The predicted molar refractivity (Wildman–Crippen MR) is 92.1 cm³/mol. The van der Waals surface area contributed by atoms with Crippen LogP contribution < -0.4 is 5.32 Å². The summed E-state index contributed by atoms with van der Waals surface area (Å²) in [6, 6.07) is 9.10. The summed E-state index contributed by atoms with van der Waals surface area (Å²) in [5, 5.41) is 3.87. The van der Waals surface area contributed by atoms with Crippen molar-refractivity contribution >= 4 is 29.1 Å². The van der Waals surface area contributed by atoms with Crippen molar-refractivity contribution in [2.45, 2.75) is 12.6 Å². The maximum Gasteiger partial charge on any atom is 0.234 e. The number of nitrogens with zero attached hydrogens (tertiary/aromatic N) is 1. The second-order valence-electron chi connectivity index (χ2n) is 5.62. The van der Waals surface area contributed by atoms with E-state index in [0.717, 1.165) is 11.3 Å². The number of amides is 1. The second kappa shape index (κ2) is 8.03. The van der Waals surface area contributed by atoms with Crippen LogP contribution in [0, 0.1) is 0 Å². The van der Waals surface area contributed by atoms with Gasteiger partial charge in [0.2, 0.25) is 5.91 Å². The minimum atomic E-state index is -0.119. The average molecular weight is 369 g/mol. The van der Waals surface area contributed by atoms with Gasteiger partial charge in [-0.25, -0.2) is 0 Å². The summed E-state index contributed by atoms with van der Waals surface area (Å²) in [4.78, 5) is 14.1. The molecule has 0 unspecified atom stereocenters. The molecule has 1 N–H and O–H groups in total. The van der Waals surface area contributed by atoms with Crippen LogP contribution >= 0.6 is 23.2 Å². The zero-order valence-electron chi connectivity index (χ0n) is 13.0. The van der Waals surface area contributed by atoms with Gasteiger partial charge in [0.15, 0.2) is 0 Å². The maximum atomic E-state index is 12.1. The van der Waals surface area contributed by atoms with Crippen LogP contribution in [-0.4, -0.2) is 37.0 Å². The summed E-state index contributed by atoms with van der Waals surface area (Å²) >= 11 is 12.0. The third-order valence-corrected chi connectivity index (χ3v) is 4.61. The normalized spacial score (nSPS) is 18.5. The van der Waals surface area contributed by atoms with E-state index in [9.17, 15) is 4.79 Å². The minimum absolute atomic E-state index is 0.0406. The predicted octanol–water partition coefficient (Wildman–Crippen LogP) is 3.28. The van der Waals surface area contributed by atoms with E-state index >= 15 is 0 Å². The first-order valence-corrected chi connectivity index (χ1v) is 8.45. The van der Waals surface area contributed by atoms with E-state index in [1.807, 2.05) is 18.2 Å². The van der Waals surface area contributed by atoms with Crippen LogP contribution in [0.5, 0.6) is 0 Å². The molecule has 1 atom stereocenters. The zero-order chi connectivity index (χ0) is 16.9. The summed E-state index contributed by atoms with van der Waals surface area (Å²) in [6.07, 6.45) is 1.47. The number of hydrogen-bond acceptors (Lipinski definition) is 4. The van der Waals surface area contributed by atoms with Crippen molar-refractivity contribution in [3.05, 3.63) is 58.0 Å². The van der Waals surface area contributed by atoms with Crippen LogP contribution in [0.25, 0.3) is 0 Å². The summed E-state index contributed by atoms with van der Waals surface area (Å²) in [6.45, 7) is 2.63. The lowest BCUT2D eigenvalue weighted by Gasteiger charge is -2.32. The van der Waals surface area contributed by atoms with Crippen LogP contribution in [0.1, 0.15) is 17.4 Å². The number of furan rings is 1. The molecule has 0 bridgehead atoms. The summed E-state index contributed by atoms with van der Waals surface area (Å²) in [5.74, 6) is 0.695.